The van der Waals surface area contributed by atoms with E-state index in [9.17, 15) is 0 Å². The van der Waals surface area contributed by atoms with E-state index >= 15 is 0 Å². The minimum Gasteiger partial charge on any atom is -0.445 e. The van der Waals surface area contributed by atoms with Gasteiger partial charge in [0.25, 0.3) is 0 Å². The smallest absolute Gasteiger partial charge is 0.195 e. The predicted molar refractivity (Wildman–Crippen MR) is 73.1 cm³/mol. The molecule has 1 aromatic rings. The van der Waals surface area contributed by atoms with E-state index in [2.05, 4.69) is 31.1 Å². The number of aromatic nitrogens is 1. The fourth-order valence-electron chi connectivity index (χ4n) is 3.02. The Bertz CT molecular complexity index is 428. The van der Waals surface area contributed by atoms with Gasteiger partial charge < -0.3 is 14.5 Å². The Labute approximate surface area is 114 Å². The first-order valence-electron chi connectivity index (χ1n) is 7.48. The van der Waals surface area contributed by atoms with Crippen LogP contribution >= 0.6 is 0 Å². The largest absolute Gasteiger partial charge is 0.445 e. The van der Waals surface area contributed by atoms with Gasteiger partial charge in [0.15, 0.2) is 5.89 Å². The van der Waals surface area contributed by atoms with Crippen molar-refractivity contribution in [3.8, 4) is 0 Å². The zero-order valence-corrected chi connectivity index (χ0v) is 12.1. The van der Waals surface area contributed by atoms with Crippen LogP contribution in [0, 0.1) is 5.92 Å². The quantitative estimate of drug-likeness (QED) is 0.887. The molecule has 1 N–H and O–H groups in total. The lowest BCUT2D eigenvalue weighted by molar-refractivity contribution is 0.0547. The van der Waals surface area contributed by atoms with Gasteiger partial charge in [-0.3, -0.25) is 0 Å². The Morgan fingerprint density at radius 1 is 1.26 bits per heavy atom. The number of oxazole rings is 1. The van der Waals surface area contributed by atoms with Gasteiger partial charge in [-0.15, -0.1) is 0 Å². The Balaban J connectivity index is 1.60. The summed E-state index contributed by atoms with van der Waals surface area (Å²) in [5.41, 5.74) is 0. The fourth-order valence-corrected chi connectivity index (χ4v) is 3.02. The van der Waals surface area contributed by atoms with Gasteiger partial charge in [-0.05, 0) is 32.6 Å². The monoisotopic (exact) mass is 264 g/mol. The third-order valence-corrected chi connectivity index (χ3v) is 4.49. The maximum Gasteiger partial charge on any atom is 0.195 e. The van der Waals surface area contributed by atoms with E-state index in [0.29, 0.717) is 17.9 Å². The van der Waals surface area contributed by atoms with Gasteiger partial charge in [0.1, 0.15) is 5.76 Å². The molecule has 4 unspecified atom stereocenters. The third-order valence-electron chi connectivity index (χ3n) is 4.49. The summed E-state index contributed by atoms with van der Waals surface area (Å²) >= 11 is 0. The van der Waals surface area contributed by atoms with Crippen molar-refractivity contribution in [2.24, 2.45) is 5.92 Å². The predicted octanol–water partition coefficient (Wildman–Crippen LogP) is 2.50. The van der Waals surface area contributed by atoms with Crippen LogP contribution in [0.25, 0.3) is 0 Å². The molecule has 0 aromatic carbocycles. The SMILES string of the molecule is CC1OC(C)C(c2cnc(CCNC3CC3)o2)C1C. The summed E-state index contributed by atoms with van der Waals surface area (Å²) in [4.78, 5) is 4.41. The Morgan fingerprint density at radius 2 is 2.05 bits per heavy atom. The first-order valence-corrected chi connectivity index (χ1v) is 7.48. The zero-order chi connectivity index (χ0) is 13.4. The highest BCUT2D eigenvalue weighted by molar-refractivity contribution is 5.09. The van der Waals surface area contributed by atoms with Crippen molar-refractivity contribution < 1.29 is 9.15 Å². The third kappa shape index (κ3) is 2.84. The van der Waals surface area contributed by atoms with E-state index in [0.717, 1.165) is 30.7 Å². The van der Waals surface area contributed by atoms with Crippen LogP contribution in [-0.2, 0) is 11.2 Å². The van der Waals surface area contributed by atoms with Crippen LogP contribution in [0.15, 0.2) is 10.6 Å². The lowest BCUT2D eigenvalue weighted by Gasteiger charge is -2.14. The van der Waals surface area contributed by atoms with Crippen molar-refractivity contribution >= 4 is 0 Å². The molecule has 4 heteroatoms. The molecule has 2 heterocycles. The van der Waals surface area contributed by atoms with Crippen LogP contribution < -0.4 is 5.32 Å². The summed E-state index contributed by atoms with van der Waals surface area (Å²) in [6.07, 6.45) is 5.93. The van der Waals surface area contributed by atoms with Crippen molar-refractivity contribution in [2.75, 3.05) is 6.54 Å². The van der Waals surface area contributed by atoms with Crippen molar-refractivity contribution in [2.45, 2.75) is 64.2 Å². The molecule has 0 spiro atoms. The molecule has 1 aliphatic heterocycles. The normalized spacial score (nSPS) is 34.9. The van der Waals surface area contributed by atoms with Crippen LogP contribution in [0.3, 0.4) is 0 Å². The molecule has 106 valence electrons. The second-order valence-corrected chi connectivity index (χ2v) is 6.07. The lowest BCUT2D eigenvalue weighted by atomic mass is 9.88. The fraction of sp³-hybridized carbons (Fsp3) is 0.800. The molecule has 3 rings (SSSR count). The van der Waals surface area contributed by atoms with E-state index in [-0.39, 0.29) is 6.10 Å². The second kappa shape index (κ2) is 5.25. The van der Waals surface area contributed by atoms with E-state index in [1.54, 1.807) is 0 Å². The molecule has 2 aliphatic rings. The van der Waals surface area contributed by atoms with Crippen molar-refractivity contribution in [3.63, 3.8) is 0 Å². The van der Waals surface area contributed by atoms with E-state index < -0.39 is 0 Å². The highest BCUT2D eigenvalue weighted by Crippen LogP contribution is 2.39. The molecule has 1 saturated heterocycles. The number of ether oxygens (including phenoxy) is 1. The van der Waals surface area contributed by atoms with Crippen LogP contribution in [-0.4, -0.2) is 29.8 Å². The molecular formula is C15H24N2O2. The molecular weight excluding hydrogens is 240 g/mol. The van der Waals surface area contributed by atoms with Gasteiger partial charge in [0.2, 0.25) is 0 Å². The molecule has 2 fully saturated rings. The maximum absolute atomic E-state index is 5.93. The second-order valence-electron chi connectivity index (χ2n) is 6.07. The molecule has 4 nitrogen and oxygen atoms in total. The average Bonchev–Trinajstić information content (AvgIpc) is 3.01. The standard InChI is InChI=1S/C15H24N2O2/c1-9-10(2)18-11(3)15(9)13-8-17-14(19-13)6-7-16-12-4-5-12/h8-12,15-16H,4-7H2,1-3H3. The molecule has 19 heavy (non-hydrogen) atoms. The van der Waals surface area contributed by atoms with Gasteiger partial charge in [0, 0.05) is 24.9 Å². The maximum atomic E-state index is 5.93. The Hall–Kier alpha value is -0.870. The number of nitrogens with one attached hydrogen (secondary N) is 1. The number of hydrogen-bond acceptors (Lipinski definition) is 4. The summed E-state index contributed by atoms with van der Waals surface area (Å²) in [6, 6.07) is 0.749. The van der Waals surface area contributed by atoms with Gasteiger partial charge in [0.05, 0.1) is 18.4 Å². The first-order chi connectivity index (χ1) is 9.15. The van der Waals surface area contributed by atoms with Crippen molar-refractivity contribution in [1.29, 1.82) is 0 Å². The summed E-state index contributed by atoms with van der Waals surface area (Å²) < 4.78 is 11.8. The van der Waals surface area contributed by atoms with Gasteiger partial charge in [-0.1, -0.05) is 6.92 Å². The number of rotatable bonds is 5. The average molecular weight is 264 g/mol. The Kier molecular flexibility index (Phi) is 3.63. The molecule has 0 amide bonds. The molecule has 0 bridgehead atoms. The van der Waals surface area contributed by atoms with E-state index in [1.165, 1.54) is 12.8 Å². The van der Waals surface area contributed by atoms with Gasteiger partial charge in [-0.2, -0.15) is 0 Å². The van der Waals surface area contributed by atoms with Crippen molar-refractivity contribution in [3.05, 3.63) is 17.8 Å². The van der Waals surface area contributed by atoms with Crippen LogP contribution in [0.5, 0.6) is 0 Å². The summed E-state index contributed by atoms with van der Waals surface area (Å²) in [5.74, 6) is 2.67. The molecule has 1 saturated carbocycles. The van der Waals surface area contributed by atoms with E-state index in [1.807, 2.05) is 6.20 Å². The Morgan fingerprint density at radius 3 is 2.68 bits per heavy atom. The first kappa shape index (κ1) is 13.1. The van der Waals surface area contributed by atoms with Crippen LogP contribution in [0.1, 0.15) is 51.2 Å². The summed E-state index contributed by atoms with van der Waals surface area (Å²) in [5, 5.41) is 3.48. The summed E-state index contributed by atoms with van der Waals surface area (Å²) in [6.45, 7) is 7.46. The highest BCUT2D eigenvalue weighted by Gasteiger charge is 2.40. The molecule has 1 aliphatic carbocycles. The lowest BCUT2D eigenvalue weighted by Crippen LogP contribution is -2.19. The van der Waals surface area contributed by atoms with Gasteiger partial charge >= 0.3 is 0 Å². The van der Waals surface area contributed by atoms with Crippen LogP contribution in [0.4, 0.5) is 0 Å². The molecule has 1 aromatic heterocycles. The van der Waals surface area contributed by atoms with Gasteiger partial charge in [-0.25, -0.2) is 4.98 Å². The number of nitrogens with zero attached hydrogens (tertiary/aromatic N) is 1. The minimum atomic E-state index is 0.218. The van der Waals surface area contributed by atoms with E-state index in [4.69, 9.17) is 9.15 Å². The molecule has 4 atom stereocenters. The highest BCUT2D eigenvalue weighted by atomic mass is 16.5. The topological polar surface area (TPSA) is 47.3 Å². The molecule has 0 radical (unpaired) electrons. The minimum absolute atomic E-state index is 0.218. The zero-order valence-electron chi connectivity index (χ0n) is 12.1. The van der Waals surface area contributed by atoms with Crippen LogP contribution in [0.2, 0.25) is 0 Å². The van der Waals surface area contributed by atoms with Crippen molar-refractivity contribution in [1.82, 2.24) is 10.3 Å². The summed E-state index contributed by atoms with van der Waals surface area (Å²) in [7, 11) is 0. The number of hydrogen-bond donors (Lipinski definition) is 1.